The number of nitrogens with zero attached hydrogens (tertiary/aromatic N) is 4. The van der Waals surface area contributed by atoms with Gasteiger partial charge in [0, 0.05) is 11.9 Å². The second kappa shape index (κ2) is 12.9. The monoisotopic (exact) mass is 491 g/mol. The van der Waals surface area contributed by atoms with E-state index in [1.807, 2.05) is 56.3 Å². The molecule has 190 valence electrons. The van der Waals surface area contributed by atoms with Crippen molar-refractivity contribution in [1.29, 1.82) is 0 Å². The summed E-state index contributed by atoms with van der Waals surface area (Å²) in [5, 5.41) is 24.2. The molecule has 5 nitrogen and oxygen atoms in total. The zero-order valence-electron chi connectivity index (χ0n) is 22.4. The predicted molar refractivity (Wildman–Crippen MR) is 156 cm³/mol. The van der Waals surface area contributed by atoms with Gasteiger partial charge in [-0.2, -0.15) is 15.3 Å². The predicted octanol–water partition coefficient (Wildman–Crippen LogP) is 10.9. The lowest BCUT2D eigenvalue weighted by molar-refractivity contribution is 0.473. The minimum absolute atomic E-state index is 0.653. The first-order chi connectivity index (χ1) is 18.1. The molecular weight excluding hydrogens is 454 g/mol. The second-order valence-corrected chi connectivity index (χ2v) is 9.64. The van der Waals surface area contributed by atoms with E-state index in [1.165, 1.54) is 25.7 Å². The van der Waals surface area contributed by atoms with Gasteiger partial charge in [-0.05, 0) is 73.0 Å². The summed E-state index contributed by atoms with van der Waals surface area (Å²) in [5.74, 6) is 0.653. The lowest BCUT2D eigenvalue weighted by atomic mass is 9.99. The van der Waals surface area contributed by atoms with Crippen molar-refractivity contribution in [3.05, 3.63) is 90.0 Å². The van der Waals surface area contributed by atoms with E-state index in [1.54, 1.807) is 0 Å². The summed E-state index contributed by atoms with van der Waals surface area (Å²) in [6, 6.07) is 26.5. The summed E-state index contributed by atoms with van der Waals surface area (Å²) < 4.78 is 0. The average molecular weight is 492 g/mol. The molecule has 1 atom stereocenters. The van der Waals surface area contributed by atoms with Crippen molar-refractivity contribution in [2.24, 2.45) is 26.4 Å². The Kier molecular flexibility index (Phi) is 9.14. The maximum absolute atomic E-state index is 4.77. The number of azo groups is 2. The molecule has 0 aliphatic rings. The molecule has 0 saturated carbocycles. The van der Waals surface area contributed by atoms with Gasteiger partial charge in [0.1, 0.15) is 5.69 Å². The van der Waals surface area contributed by atoms with Gasteiger partial charge in [0.05, 0.1) is 22.7 Å². The molecule has 37 heavy (non-hydrogen) atoms. The largest absolute Gasteiger partial charge is 0.383 e. The van der Waals surface area contributed by atoms with Crippen LogP contribution in [0.2, 0.25) is 0 Å². The number of nitrogens with one attached hydrogen (secondary N) is 1. The highest BCUT2D eigenvalue weighted by Crippen LogP contribution is 2.36. The third-order valence-electron chi connectivity index (χ3n) is 6.85. The molecule has 0 fully saturated rings. The standard InChI is InChI=1S/C32H37N5/c1-5-7-13-25(6-2)22-33-31-19-17-26-14-9-10-15-28(26)32(31)37-36-30-20-18-27(21-24(30)4)34-35-29-16-11-8-12-23(29)3/h8-12,14-21,25,33H,5-7,13,22H2,1-4H3/t25-/m0/s1. The maximum atomic E-state index is 4.77. The Labute approximate surface area is 220 Å². The first-order valence-electron chi connectivity index (χ1n) is 13.3. The molecule has 0 heterocycles. The van der Waals surface area contributed by atoms with E-state index in [9.17, 15) is 0 Å². The van der Waals surface area contributed by atoms with E-state index in [0.717, 1.165) is 56.9 Å². The molecular formula is C32H37N5. The molecule has 4 rings (SSSR count). The van der Waals surface area contributed by atoms with Crippen molar-refractivity contribution in [3.63, 3.8) is 0 Å². The van der Waals surface area contributed by atoms with Crippen molar-refractivity contribution in [2.45, 2.75) is 53.4 Å². The number of rotatable bonds is 11. The van der Waals surface area contributed by atoms with Crippen LogP contribution in [0.25, 0.3) is 10.8 Å². The van der Waals surface area contributed by atoms with E-state index in [4.69, 9.17) is 5.11 Å². The van der Waals surface area contributed by atoms with Crippen molar-refractivity contribution in [1.82, 2.24) is 0 Å². The van der Waals surface area contributed by atoms with Gasteiger partial charge in [-0.3, -0.25) is 0 Å². The van der Waals surface area contributed by atoms with Crippen molar-refractivity contribution >= 4 is 39.2 Å². The average Bonchev–Trinajstić information content (AvgIpc) is 2.92. The van der Waals surface area contributed by atoms with Crippen molar-refractivity contribution in [3.8, 4) is 0 Å². The highest BCUT2D eigenvalue weighted by molar-refractivity contribution is 5.98. The smallest absolute Gasteiger partial charge is 0.117 e. The van der Waals surface area contributed by atoms with Gasteiger partial charge in [-0.25, -0.2) is 0 Å². The molecule has 0 unspecified atom stereocenters. The normalized spacial score (nSPS) is 12.5. The molecule has 4 aromatic rings. The highest BCUT2D eigenvalue weighted by Gasteiger charge is 2.11. The van der Waals surface area contributed by atoms with Gasteiger partial charge < -0.3 is 5.32 Å². The Balaban J connectivity index is 1.58. The topological polar surface area (TPSA) is 61.5 Å². The molecule has 0 aromatic heterocycles. The maximum Gasteiger partial charge on any atom is 0.117 e. The van der Waals surface area contributed by atoms with Crippen LogP contribution in [0.3, 0.4) is 0 Å². The number of anilines is 1. The van der Waals surface area contributed by atoms with Crippen LogP contribution in [0.5, 0.6) is 0 Å². The number of benzene rings is 4. The summed E-state index contributed by atoms with van der Waals surface area (Å²) in [7, 11) is 0. The SMILES string of the molecule is CCCC[C@H](CC)CNc1ccc2ccccc2c1N=Nc1ccc(N=Nc2ccccc2C)cc1C. The fourth-order valence-corrected chi connectivity index (χ4v) is 4.41. The van der Waals surface area contributed by atoms with Gasteiger partial charge in [0.15, 0.2) is 0 Å². The van der Waals surface area contributed by atoms with Crippen LogP contribution in [0.1, 0.15) is 50.7 Å². The molecule has 5 heteroatoms. The number of unbranched alkanes of at least 4 members (excludes halogenated alkanes) is 1. The summed E-state index contributed by atoms with van der Waals surface area (Å²) in [5.41, 5.74) is 6.51. The van der Waals surface area contributed by atoms with Crippen LogP contribution in [-0.2, 0) is 0 Å². The zero-order chi connectivity index (χ0) is 26.0. The van der Waals surface area contributed by atoms with Crippen LogP contribution in [0, 0.1) is 19.8 Å². The fourth-order valence-electron chi connectivity index (χ4n) is 4.41. The number of hydrogen-bond donors (Lipinski definition) is 1. The van der Waals surface area contributed by atoms with Gasteiger partial charge in [-0.15, -0.1) is 5.11 Å². The molecule has 4 aromatic carbocycles. The summed E-state index contributed by atoms with van der Waals surface area (Å²) in [6.45, 7) is 9.53. The van der Waals surface area contributed by atoms with Gasteiger partial charge in [-0.1, -0.05) is 81.6 Å². The van der Waals surface area contributed by atoms with Crippen LogP contribution < -0.4 is 5.32 Å². The molecule has 0 radical (unpaired) electrons. The van der Waals surface area contributed by atoms with Crippen LogP contribution in [0.4, 0.5) is 28.4 Å². The van der Waals surface area contributed by atoms with Gasteiger partial charge in [0.25, 0.3) is 0 Å². The quantitative estimate of drug-likeness (QED) is 0.208. The summed E-state index contributed by atoms with van der Waals surface area (Å²) in [4.78, 5) is 0. The molecule has 0 aliphatic heterocycles. The Morgan fingerprint density at radius 2 is 1.49 bits per heavy atom. The molecule has 0 aliphatic carbocycles. The highest BCUT2D eigenvalue weighted by atomic mass is 15.1. The van der Waals surface area contributed by atoms with Crippen LogP contribution in [-0.4, -0.2) is 6.54 Å². The van der Waals surface area contributed by atoms with Crippen LogP contribution >= 0.6 is 0 Å². The van der Waals surface area contributed by atoms with Crippen molar-refractivity contribution in [2.75, 3.05) is 11.9 Å². The lowest BCUT2D eigenvalue weighted by Crippen LogP contribution is -2.13. The first-order valence-corrected chi connectivity index (χ1v) is 13.3. The van der Waals surface area contributed by atoms with E-state index in [2.05, 4.69) is 70.9 Å². The third-order valence-corrected chi connectivity index (χ3v) is 6.85. The fraction of sp³-hybridized carbons (Fsp3) is 0.312. The molecule has 0 spiro atoms. The number of aryl methyl sites for hydroxylation is 2. The van der Waals surface area contributed by atoms with Crippen LogP contribution in [0.15, 0.2) is 99.3 Å². The lowest BCUT2D eigenvalue weighted by Gasteiger charge is -2.18. The van der Waals surface area contributed by atoms with E-state index in [0.29, 0.717) is 5.92 Å². The van der Waals surface area contributed by atoms with Crippen molar-refractivity contribution < 1.29 is 0 Å². The molecule has 0 bridgehead atoms. The third kappa shape index (κ3) is 6.88. The van der Waals surface area contributed by atoms with E-state index in [-0.39, 0.29) is 0 Å². The Morgan fingerprint density at radius 3 is 2.27 bits per heavy atom. The minimum Gasteiger partial charge on any atom is -0.383 e. The summed E-state index contributed by atoms with van der Waals surface area (Å²) >= 11 is 0. The zero-order valence-corrected chi connectivity index (χ0v) is 22.4. The Bertz CT molecular complexity index is 1390. The number of hydrogen-bond acceptors (Lipinski definition) is 5. The summed E-state index contributed by atoms with van der Waals surface area (Å²) in [6.07, 6.45) is 4.92. The van der Waals surface area contributed by atoms with Gasteiger partial charge in [0.2, 0.25) is 0 Å². The van der Waals surface area contributed by atoms with E-state index < -0.39 is 0 Å². The second-order valence-electron chi connectivity index (χ2n) is 9.64. The molecule has 0 amide bonds. The van der Waals surface area contributed by atoms with Gasteiger partial charge >= 0.3 is 0 Å². The Hall–Kier alpha value is -3.86. The first kappa shape index (κ1) is 26.2. The minimum atomic E-state index is 0.653. The van der Waals surface area contributed by atoms with E-state index >= 15 is 0 Å². The molecule has 0 saturated heterocycles. The Morgan fingerprint density at radius 1 is 0.730 bits per heavy atom. The molecule has 1 N–H and O–H groups in total. The number of fused-ring (bicyclic) bond motifs is 1.